The molecule has 19 heavy (non-hydrogen) atoms. The molecule has 5 nitrogen and oxygen atoms in total. The van der Waals surface area contributed by atoms with Gasteiger partial charge in [0.25, 0.3) is 5.91 Å². The summed E-state index contributed by atoms with van der Waals surface area (Å²) >= 11 is 0. The number of hydrogen-bond acceptors (Lipinski definition) is 4. The Hall–Kier alpha value is -1.75. The fourth-order valence-electron chi connectivity index (χ4n) is 2.28. The minimum atomic E-state index is -0.587. The molecule has 1 amide bonds. The Morgan fingerprint density at radius 1 is 1.32 bits per heavy atom. The molecular weight excluding hydrogens is 246 g/mol. The lowest BCUT2D eigenvalue weighted by atomic mass is 10.2. The maximum atomic E-state index is 12.0. The molecule has 2 heterocycles. The van der Waals surface area contributed by atoms with Gasteiger partial charge >= 0.3 is 0 Å². The molecule has 1 N–H and O–H groups in total. The van der Waals surface area contributed by atoms with E-state index in [9.17, 15) is 4.79 Å². The molecule has 1 aromatic carbocycles. The molecule has 1 saturated heterocycles. The van der Waals surface area contributed by atoms with E-state index in [0.29, 0.717) is 18.0 Å². The van der Waals surface area contributed by atoms with Crippen molar-refractivity contribution in [1.82, 2.24) is 5.32 Å². The molecular formula is C14H17NO4. The molecule has 5 heteroatoms. The number of carbonyl (C=O) groups is 1. The molecule has 1 aromatic rings. The van der Waals surface area contributed by atoms with E-state index in [-0.39, 0.29) is 18.6 Å². The van der Waals surface area contributed by atoms with Crippen molar-refractivity contribution in [2.75, 3.05) is 19.8 Å². The normalized spacial score (nSPS) is 25.1. The first-order chi connectivity index (χ1) is 9.33. The summed E-state index contributed by atoms with van der Waals surface area (Å²) in [6.07, 6.45) is 1.62. The van der Waals surface area contributed by atoms with Crippen LogP contribution in [0.3, 0.4) is 0 Å². The Bertz CT molecular complexity index is 457. The van der Waals surface area contributed by atoms with Crippen LogP contribution >= 0.6 is 0 Å². The monoisotopic (exact) mass is 263 g/mol. The Morgan fingerprint density at radius 3 is 2.95 bits per heavy atom. The Morgan fingerprint density at radius 2 is 2.16 bits per heavy atom. The van der Waals surface area contributed by atoms with Crippen molar-refractivity contribution >= 4 is 5.91 Å². The van der Waals surface area contributed by atoms with Gasteiger partial charge in [-0.25, -0.2) is 0 Å². The Labute approximate surface area is 111 Å². The van der Waals surface area contributed by atoms with Crippen molar-refractivity contribution in [3.63, 3.8) is 0 Å². The first kappa shape index (κ1) is 12.3. The van der Waals surface area contributed by atoms with Gasteiger partial charge in [-0.1, -0.05) is 12.1 Å². The first-order valence-corrected chi connectivity index (χ1v) is 6.61. The van der Waals surface area contributed by atoms with Gasteiger partial charge in [-0.15, -0.1) is 0 Å². The first-order valence-electron chi connectivity index (χ1n) is 6.61. The van der Waals surface area contributed by atoms with Gasteiger partial charge in [-0.3, -0.25) is 4.79 Å². The zero-order valence-corrected chi connectivity index (χ0v) is 10.6. The van der Waals surface area contributed by atoms with Gasteiger partial charge in [-0.05, 0) is 25.0 Å². The fraction of sp³-hybridized carbons (Fsp3) is 0.500. The second-order valence-corrected chi connectivity index (χ2v) is 4.74. The Kier molecular flexibility index (Phi) is 3.55. The number of ether oxygens (including phenoxy) is 3. The van der Waals surface area contributed by atoms with E-state index in [1.807, 2.05) is 18.2 Å². The highest BCUT2D eigenvalue weighted by atomic mass is 16.6. The lowest BCUT2D eigenvalue weighted by Gasteiger charge is -2.25. The third-order valence-corrected chi connectivity index (χ3v) is 3.33. The molecule has 0 bridgehead atoms. The summed E-state index contributed by atoms with van der Waals surface area (Å²) in [7, 11) is 0. The molecule has 2 atom stereocenters. The van der Waals surface area contributed by atoms with Crippen LogP contribution in [0.2, 0.25) is 0 Å². The SMILES string of the molecule is O=C(NC[C@H]1CCCO1)[C@H]1COc2ccccc2O1. The molecule has 0 spiro atoms. The third kappa shape index (κ3) is 2.81. The highest BCUT2D eigenvalue weighted by molar-refractivity contribution is 5.81. The van der Waals surface area contributed by atoms with Gasteiger partial charge in [0.05, 0.1) is 6.10 Å². The predicted octanol–water partition coefficient (Wildman–Crippen LogP) is 1.12. The molecule has 2 aliphatic heterocycles. The van der Waals surface area contributed by atoms with E-state index in [1.165, 1.54) is 0 Å². The molecule has 0 aromatic heterocycles. The molecule has 3 rings (SSSR count). The summed E-state index contributed by atoms with van der Waals surface area (Å²) in [5, 5.41) is 2.86. The summed E-state index contributed by atoms with van der Waals surface area (Å²) in [5.74, 6) is 1.15. The van der Waals surface area contributed by atoms with Gasteiger partial charge in [0.2, 0.25) is 6.10 Å². The third-order valence-electron chi connectivity index (χ3n) is 3.33. The van der Waals surface area contributed by atoms with E-state index < -0.39 is 6.10 Å². The van der Waals surface area contributed by atoms with Crippen LogP contribution in [0.4, 0.5) is 0 Å². The van der Waals surface area contributed by atoms with Crippen LogP contribution in [0.15, 0.2) is 24.3 Å². The summed E-state index contributed by atoms with van der Waals surface area (Å²) in [6, 6.07) is 7.36. The quantitative estimate of drug-likeness (QED) is 0.888. The minimum Gasteiger partial charge on any atom is -0.485 e. The smallest absolute Gasteiger partial charge is 0.264 e. The van der Waals surface area contributed by atoms with E-state index in [4.69, 9.17) is 14.2 Å². The van der Waals surface area contributed by atoms with Crippen LogP contribution in [0.1, 0.15) is 12.8 Å². The van der Waals surface area contributed by atoms with Crippen LogP contribution in [0.25, 0.3) is 0 Å². The highest BCUT2D eigenvalue weighted by Crippen LogP contribution is 2.30. The molecule has 0 unspecified atom stereocenters. The molecule has 0 aliphatic carbocycles. The van der Waals surface area contributed by atoms with Crippen LogP contribution < -0.4 is 14.8 Å². The molecule has 102 valence electrons. The van der Waals surface area contributed by atoms with E-state index in [2.05, 4.69) is 5.32 Å². The lowest BCUT2D eigenvalue weighted by Crippen LogP contribution is -2.46. The molecule has 1 fully saturated rings. The molecule has 0 saturated carbocycles. The van der Waals surface area contributed by atoms with Gasteiger partial charge < -0.3 is 19.5 Å². The van der Waals surface area contributed by atoms with Gasteiger partial charge in [-0.2, -0.15) is 0 Å². The summed E-state index contributed by atoms with van der Waals surface area (Å²) in [4.78, 5) is 12.0. The van der Waals surface area contributed by atoms with Crippen LogP contribution in [0.5, 0.6) is 11.5 Å². The summed E-state index contributed by atoms with van der Waals surface area (Å²) < 4.78 is 16.6. The zero-order valence-electron chi connectivity index (χ0n) is 10.6. The van der Waals surface area contributed by atoms with Crippen molar-refractivity contribution in [2.24, 2.45) is 0 Å². The second kappa shape index (κ2) is 5.48. The second-order valence-electron chi connectivity index (χ2n) is 4.74. The zero-order chi connectivity index (χ0) is 13.1. The summed E-state index contributed by atoms with van der Waals surface area (Å²) in [5.41, 5.74) is 0. The van der Waals surface area contributed by atoms with E-state index in [0.717, 1.165) is 19.4 Å². The molecule has 0 radical (unpaired) electrons. The number of benzene rings is 1. The van der Waals surface area contributed by atoms with Crippen LogP contribution in [-0.2, 0) is 9.53 Å². The number of para-hydroxylation sites is 2. The average Bonchev–Trinajstić information content (AvgIpc) is 2.97. The average molecular weight is 263 g/mol. The standard InChI is InChI=1S/C14H17NO4/c16-14(15-8-10-4-3-7-17-10)13-9-18-11-5-1-2-6-12(11)19-13/h1-2,5-6,10,13H,3-4,7-9H2,(H,15,16)/t10-,13-/m1/s1. The number of fused-ring (bicyclic) bond motifs is 1. The maximum Gasteiger partial charge on any atom is 0.264 e. The Balaban J connectivity index is 1.54. The van der Waals surface area contributed by atoms with Gasteiger partial charge in [0.1, 0.15) is 6.61 Å². The lowest BCUT2D eigenvalue weighted by molar-refractivity contribution is -0.130. The highest BCUT2D eigenvalue weighted by Gasteiger charge is 2.28. The number of rotatable bonds is 3. The van der Waals surface area contributed by atoms with Crippen molar-refractivity contribution in [3.8, 4) is 11.5 Å². The number of hydrogen-bond donors (Lipinski definition) is 1. The number of carbonyl (C=O) groups excluding carboxylic acids is 1. The fourth-order valence-corrected chi connectivity index (χ4v) is 2.28. The van der Waals surface area contributed by atoms with Crippen molar-refractivity contribution in [2.45, 2.75) is 25.0 Å². The van der Waals surface area contributed by atoms with Crippen LogP contribution in [-0.4, -0.2) is 37.9 Å². The van der Waals surface area contributed by atoms with E-state index in [1.54, 1.807) is 6.07 Å². The number of nitrogens with one attached hydrogen (secondary N) is 1. The topological polar surface area (TPSA) is 56.8 Å². The van der Waals surface area contributed by atoms with E-state index >= 15 is 0 Å². The minimum absolute atomic E-state index is 0.140. The molecule has 2 aliphatic rings. The number of amides is 1. The summed E-state index contributed by atoms with van der Waals surface area (Å²) in [6.45, 7) is 1.58. The van der Waals surface area contributed by atoms with Crippen molar-refractivity contribution in [1.29, 1.82) is 0 Å². The van der Waals surface area contributed by atoms with Crippen molar-refractivity contribution in [3.05, 3.63) is 24.3 Å². The van der Waals surface area contributed by atoms with Gasteiger partial charge in [0.15, 0.2) is 11.5 Å². The largest absolute Gasteiger partial charge is 0.485 e. The van der Waals surface area contributed by atoms with Crippen molar-refractivity contribution < 1.29 is 19.0 Å². The van der Waals surface area contributed by atoms with Gasteiger partial charge in [0, 0.05) is 13.2 Å². The predicted molar refractivity (Wildman–Crippen MR) is 68.3 cm³/mol. The maximum absolute atomic E-state index is 12.0. The van der Waals surface area contributed by atoms with Crippen LogP contribution in [0, 0.1) is 0 Å².